The molecule has 1 aliphatic heterocycles. The molecule has 0 bridgehead atoms. The maximum Gasteiger partial charge on any atom is 0.227 e. The lowest BCUT2D eigenvalue weighted by Crippen LogP contribution is -2.25. The predicted octanol–water partition coefficient (Wildman–Crippen LogP) is 3.50. The van der Waals surface area contributed by atoms with Gasteiger partial charge < -0.3 is 10.2 Å². The average Bonchev–Trinajstić information content (AvgIpc) is 3.47. The molecule has 1 saturated heterocycles. The molecule has 1 aliphatic rings. The van der Waals surface area contributed by atoms with E-state index in [1.165, 1.54) is 0 Å². The van der Waals surface area contributed by atoms with E-state index in [9.17, 15) is 9.59 Å². The van der Waals surface area contributed by atoms with Crippen LogP contribution >= 0.6 is 23.6 Å². The molecular weight excluding hydrogens is 406 g/mol. The molecule has 0 spiro atoms. The lowest BCUT2D eigenvalue weighted by molar-refractivity contribution is -0.121. The first kappa shape index (κ1) is 19.5. The minimum absolute atomic E-state index is 0.0518. The van der Waals surface area contributed by atoms with Crippen LogP contribution in [-0.4, -0.2) is 33.1 Å². The number of benzene rings is 1. The molecule has 9 heteroatoms. The summed E-state index contributed by atoms with van der Waals surface area (Å²) in [5.41, 5.74) is 1.91. The summed E-state index contributed by atoms with van der Waals surface area (Å²) in [6.07, 6.45) is 1.84. The summed E-state index contributed by atoms with van der Waals surface area (Å²) >= 11 is 6.88. The highest BCUT2D eigenvalue weighted by Crippen LogP contribution is 2.23. The fourth-order valence-electron chi connectivity index (χ4n) is 3.34. The molecular formula is C20H21N5O2S2. The summed E-state index contributed by atoms with van der Waals surface area (Å²) in [4.78, 5) is 26.9. The van der Waals surface area contributed by atoms with E-state index in [-0.39, 0.29) is 11.8 Å². The van der Waals surface area contributed by atoms with Gasteiger partial charge >= 0.3 is 0 Å². The highest BCUT2D eigenvalue weighted by Gasteiger charge is 2.21. The average molecular weight is 428 g/mol. The third-order valence-corrected chi connectivity index (χ3v) is 6.05. The van der Waals surface area contributed by atoms with Crippen LogP contribution in [0.2, 0.25) is 0 Å². The van der Waals surface area contributed by atoms with E-state index in [2.05, 4.69) is 15.5 Å². The Balaban J connectivity index is 1.30. The smallest absolute Gasteiger partial charge is 0.227 e. The van der Waals surface area contributed by atoms with Gasteiger partial charge in [-0.2, -0.15) is 5.10 Å². The van der Waals surface area contributed by atoms with Gasteiger partial charge in [-0.15, -0.1) is 11.3 Å². The van der Waals surface area contributed by atoms with Gasteiger partial charge in [-0.3, -0.25) is 19.3 Å². The third kappa shape index (κ3) is 4.46. The molecule has 1 fully saturated rings. The first-order chi connectivity index (χ1) is 14.1. The van der Waals surface area contributed by atoms with Crippen molar-refractivity contribution in [2.75, 3.05) is 11.4 Å². The Kier molecular flexibility index (Phi) is 5.86. The number of carbonyl (C=O) groups excluding carboxylic acids is 2. The van der Waals surface area contributed by atoms with Crippen LogP contribution in [0.5, 0.6) is 0 Å². The fraction of sp³-hybridized carbons (Fsp3) is 0.300. The van der Waals surface area contributed by atoms with Crippen LogP contribution in [0.4, 0.5) is 5.69 Å². The molecule has 4 rings (SSSR count). The second-order valence-electron chi connectivity index (χ2n) is 6.82. The number of hydrogen-bond donors (Lipinski definition) is 2. The summed E-state index contributed by atoms with van der Waals surface area (Å²) in [5.74, 6) is 0.875. The zero-order chi connectivity index (χ0) is 20.2. The van der Waals surface area contributed by atoms with Gasteiger partial charge in [-0.25, -0.2) is 0 Å². The molecule has 2 aromatic heterocycles. The standard InChI is InChI=1S/C20H21N5O2S2/c26-17(9-11-25-19(22-23-20(25)28)16-3-2-12-29-16)21-13-14-5-7-15(8-6-14)24-10-1-4-18(24)27/h2-3,5-8,12H,1,4,9-11,13H2,(H,21,26)(H,23,28). The third-order valence-electron chi connectivity index (χ3n) is 4.87. The second-order valence-corrected chi connectivity index (χ2v) is 8.16. The van der Waals surface area contributed by atoms with E-state index < -0.39 is 0 Å². The highest BCUT2D eigenvalue weighted by atomic mass is 32.1. The van der Waals surface area contributed by atoms with Crippen molar-refractivity contribution in [3.8, 4) is 10.7 Å². The quantitative estimate of drug-likeness (QED) is 0.566. The fourth-order valence-corrected chi connectivity index (χ4v) is 4.28. The number of anilines is 1. The van der Waals surface area contributed by atoms with Crippen molar-refractivity contribution < 1.29 is 9.59 Å². The van der Waals surface area contributed by atoms with E-state index in [0.29, 0.717) is 30.7 Å². The second kappa shape index (κ2) is 8.71. The largest absolute Gasteiger partial charge is 0.352 e. The molecule has 7 nitrogen and oxygen atoms in total. The molecule has 29 heavy (non-hydrogen) atoms. The van der Waals surface area contributed by atoms with E-state index in [0.717, 1.165) is 34.9 Å². The van der Waals surface area contributed by atoms with E-state index in [4.69, 9.17) is 12.2 Å². The van der Waals surface area contributed by atoms with Gasteiger partial charge in [0.05, 0.1) is 4.88 Å². The number of H-pyrrole nitrogens is 1. The van der Waals surface area contributed by atoms with Crippen molar-refractivity contribution in [3.63, 3.8) is 0 Å². The molecule has 2 N–H and O–H groups in total. The van der Waals surface area contributed by atoms with Crippen molar-refractivity contribution in [2.24, 2.45) is 0 Å². The lowest BCUT2D eigenvalue weighted by atomic mass is 10.2. The molecule has 0 atom stereocenters. The SMILES string of the molecule is O=C(CCn1c(-c2cccs2)n[nH]c1=S)NCc1ccc(N2CCCC2=O)cc1. The summed E-state index contributed by atoms with van der Waals surface area (Å²) in [6.45, 7) is 1.69. The van der Waals surface area contributed by atoms with Gasteiger partial charge in [-0.05, 0) is 47.8 Å². The van der Waals surface area contributed by atoms with Crippen molar-refractivity contribution in [1.82, 2.24) is 20.1 Å². The first-order valence-corrected chi connectivity index (χ1v) is 10.8. The topological polar surface area (TPSA) is 83.0 Å². The zero-order valence-corrected chi connectivity index (χ0v) is 17.4. The van der Waals surface area contributed by atoms with Gasteiger partial charge in [0.1, 0.15) is 0 Å². The summed E-state index contributed by atoms with van der Waals surface area (Å²) in [7, 11) is 0. The van der Waals surface area contributed by atoms with Crippen molar-refractivity contribution in [3.05, 3.63) is 52.1 Å². The van der Waals surface area contributed by atoms with Crippen LogP contribution in [0.3, 0.4) is 0 Å². The van der Waals surface area contributed by atoms with E-state index >= 15 is 0 Å². The van der Waals surface area contributed by atoms with Crippen LogP contribution in [-0.2, 0) is 22.7 Å². The lowest BCUT2D eigenvalue weighted by Gasteiger charge is -2.16. The maximum absolute atomic E-state index is 12.3. The summed E-state index contributed by atoms with van der Waals surface area (Å²) in [5, 5.41) is 12.0. The molecule has 0 radical (unpaired) electrons. The summed E-state index contributed by atoms with van der Waals surface area (Å²) < 4.78 is 2.36. The number of carbonyl (C=O) groups is 2. The molecule has 0 aliphatic carbocycles. The van der Waals surface area contributed by atoms with Crippen molar-refractivity contribution in [2.45, 2.75) is 32.4 Å². The normalized spacial score (nSPS) is 13.8. The van der Waals surface area contributed by atoms with Gasteiger partial charge in [0.2, 0.25) is 11.8 Å². The Morgan fingerprint density at radius 2 is 2.10 bits per heavy atom. The summed E-state index contributed by atoms with van der Waals surface area (Å²) in [6, 6.07) is 11.7. The number of nitrogens with one attached hydrogen (secondary N) is 2. The maximum atomic E-state index is 12.3. The number of aromatic nitrogens is 3. The van der Waals surface area contributed by atoms with Crippen LogP contribution in [0.15, 0.2) is 41.8 Å². The molecule has 3 aromatic rings. The molecule has 150 valence electrons. The first-order valence-electron chi connectivity index (χ1n) is 9.47. The molecule has 3 heterocycles. The number of hydrogen-bond acceptors (Lipinski definition) is 5. The zero-order valence-electron chi connectivity index (χ0n) is 15.8. The van der Waals surface area contributed by atoms with E-state index in [1.54, 1.807) is 11.3 Å². The number of thiophene rings is 1. The van der Waals surface area contributed by atoms with Crippen LogP contribution in [0.25, 0.3) is 10.7 Å². The molecule has 1 aromatic carbocycles. The molecule has 0 saturated carbocycles. The number of aromatic amines is 1. The van der Waals surface area contributed by atoms with Crippen molar-refractivity contribution >= 4 is 41.1 Å². The Morgan fingerprint density at radius 3 is 2.79 bits per heavy atom. The van der Waals surface area contributed by atoms with Gasteiger partial charge in [0, 0.05) is 38.2 Å². The number of amides is 2. The number of rotatable bonds is 7. The minimum Gasteiger partial charge on any atom is -0.352 e. The van der Waals surface area contributed by atoms with Gasteiger partial charge in [0.15, 0.2) is 10.6 Å². The van der Waals surface area contributed by atoms with Crippen LogP contribution in [0, 0.1) is 4.77 Å². The highest BCUT2D eigenvalue weighted by molar-refractivity contribution is 7.71. The Labute approximate surface area is 177 Å². The molecule has 2 amide bonds. The Morgan fingerprint density at radius 1 is 1.28 bits per heavy atom. The minimum atomic E-state index is -0.0518. The van der Waals surface area contributed by atoms with Crippen molar-refractivity contribution in [1.29, 1.82) is 0 Å². The van der Waals surface area contributed by atoms with Crippen LogP contribution in [0.1, 0.15) is 24.8 Å². The van der Waals surface area contributed by atoms with Crippen LogP contribution < -0.4 is 10.2 Å². The molecule has 0 unspecified atom stereocenters. The monoisotopic (exact) mass is 427 g/mol. The van der Waals surface area contributed by atoms with Gasteiger partial charge in [-0.1, -0.05) is 18.2 Å². The van der Waals surface area contributed by atoms with E-state index in [1.807, 2.05) is 51.2 Å². The van der Waals surface area contributed by atoms with Gasteiger partial charge in [0.25, 0.3) is 0 Å². The number of nitrogens with zero attached hydrogens (tertiary/aromatic N) is 3. The predicted molar refractivity (Wildman–Crippen MR) is 115 cm³/mol. The Hall–Kier alpha value is -2.78. The Bertz CT molecular complexity index is 1050.